The molecule has 0 saturated carbocycles. The third-order valence-electron chi connectivity index (χ3n) is 8.97. The zero-order valence-corrected chi connectivity index (χ0v) is 24.1. The first-order valence-electron chi connectivity index (χ1n) is 13.4. The van der Waals surface area contributed by atoms with Crippen LogP contribution in [0.15, 0.2) is 56.6 Å². The van der Waals surface area contributed by atoms with Crippen molar-refractivity contribution in [1.82, 2.24) is 9.80 Å². The number of methoxy groups -OCH3 is 2. The van der Waals surface area contributed by atoms with E-state index >= 15 is 0 Å². The lowest BCUT2D eigenvalue weighted by atomic mass is 9.69. The third kappa shape index (κ3) is 3.89. The van der Waals surface area contributed by atoms with Crippen LogP contribution in [0, 0.1) is 0 Å². The number of hydrogen-bond donors (Lipinski definition) is 0. The van der Waals surface area contributed by atoms with Crippen LogP contribution in [0.25, 0.3) is 0 Å². The average molecular weight is 565 g/mol. The summed E-state index contributed by atoms with van der Waals surface area (Å²) >= 11 is 0. The lowest BCUT2D eigenvalue weighted by molar-refractivity contribution is -0.159. The predicted molar refractivity (Wildman–Crippen MR) is 143 cm³/mol. The second-order valence-electron chi connectivity index (χ2n) is 10.9. The molecular weight excluding hydrogens is 532 g/mol. The van der Waals surface area contributed by atoms with E-state index < -0.39 is 47.5 Å². The van der Waals surface area contributed by atoms with Gasteiger partial charge in [-0.05, 0) is 41.2 Å². The number of rotatable bonds is 5. The fourth-order valence-corrected chi connectivity index (χ4v) is 6.77. The van der Waals surface area contributed by atoms with Gasteiger partial charge in [0.05, 0.1) is 38.4 Å². The van der Waals surface area contributed by atoms with Gasteiger partial charge in [0.1, 0.15) is 6.61 Å². The molecule has 0 aromatic carbocycles. The molecule has 2 bridgehead atoms. The number of ether oxygens (including phenoxy) is 3. The second kappa shape index (κ2) is 10.1. The topological polar surface area (TPSA) is 137 Å². The summed E-state index contributed by atoms with van der Waals surface area (Å²) in [5.74, 6) is -2.97. The molecule has 1 amide bonds. The largest absolute Gasteiger partial charge is 0.492 e. The minimum Gasteiger partial charge on any atom is -0.492 e. The maximum Gasteiger partial charge on any atom is 0.333 e. The summed E-state index contributed by atoms with van der Waals surface area (Å²) in [7, 11) is 4.32. The zero-order chi connectivity index (χ0) is 30.1. The molecule has 5 aliphatic rings. The molecule has 41 heavy (non-hydrogen) atoms. The van der Waals surface area contributed by atoms with E-state index in [1.807, 2.05) is 0 Å². The summed E-state index contributed by atoms with van der Waals surface area (Å²) < 4.78 is 16.2. The number of esters is 1. The molecule has 216 valence electrons. The normalized spacial score (nSPS) is 28.7. The van der Waals surface area contributed by atoms with Crippen molar-refractivity contribution >= 4 is 35.0 Å². The van der Waals surface area contributed by atoms with Crippen LogP contribution in [-0.4, -0.2) is 96.9 Å². The number of amides is 1. The van der Waals surface area contributed by atoms with Crippen LogP contribution in [0.5, 0.6) is 0 Å². The van der Waals surface area contributed by atoms with Gasteiger partial charge in [0.15, 0.2) is 23.1 Å². The highest BCUT2D eigenvalue weighted by atomic mass is 16.5. The minimum absolute atomic E-state index is 0.00536. The number of likely N-dealkylation sites (N-methyl/N-ethyl adjacent to an activating group) is 1. The number of Topliss-reactive ketones (excluding diaryl/α,β-unsaturated/α-hetero) is 4. The molecule has 11 heteroatoms. The van der Waals surface area contributed by atoms with Crippen LogP contribution in [0.3, 0.4) is 0 Å². The first kappa shape index (κ1) is 28.4. The molecule has 1 unspecified atom stereocenters. The fraction of sp³-hybridized carbons (Fsp3) is 0.467. The molecule has 0 aromatic rings. The number of fused-ring (bicyclic) bond motifs is 5. The van der Waals surface area contributed by atoms with Crippen molar-refractivity contribution in [2.75, 3.05) is 27.9 Å². The summed E-state index contributed by atoms with van der Waals surface area (Å²) in [4.78, 5) is 84.5. The minimum atomic E-state index is -1.10. The standard InChI is InChI=1S/C30H32N2O9/c1-8-12(2)30(38)41-11-19-20-15(23(33)13(3)27(39-6)25(20)35)9-17-22-21-16(10-18(31(22)5)29(37)32(17)19)24(34)14(4)28(40-7)26(21)36/h8,17-19,22H,9-11H2,1-7H3/b12-8-/t17?,18-,19-,22-/m0/s1. The monoisotopic (exact) mass is 564 g/mol. The molecule has 1 fully saturated rings. The van der Waals surface area contributed by atoms with E-state index in [2.05, 4.69) is 0 Å². The summed E-state index contributed by atoms with van der Waals surface area (Å²) in [5, 5.41) is 0. The number of carbonyl (C=O) groups excluding carboxylic acids is 6. The van der Waals surface area contributed by atoms with Crippen molar-refractivity contribution < 1.29 is 43.0 Å². The number of hydrogen-bond acceptors (Lipinski definition) is 10. The number of nitrogens with zero attached hydrogens (tertiary/aromatic N) is 2. The first-order chi connectivity index (χ1) is 19.4. The van der Waals surface area contributed by atoms with E-state index in [1.54, 1.807) is 31.9 Å². The highest BCUT2D eigenvalue weighted by Crippen LogP contribution is 2.47. The van der Waals surface area contributed by atoms with Gasteiger partial charge in [-0.3, -0.25) is 28.9 Å². The van der Waals surface area contributed by atoms with E-state index in [-0.39, 0.29) is 76.1 Å². The lowest BCUT2D eigenvalue weighted by Crippen LogP contribution is -2.73. The Kier molecular flexibility index (Phi) is 6.97. The predicted octanol–water partition coefficient (Wildman–Crippen LogP) is 1.29. The van der Waals surface area contributed by atoms with E-state index in [0.717, 1.165) is 0 Å². The van der Waals surface area contributed by atoms with Gasteiger partial charge in [0.25, 0.3) is 0 Å². The van der Waals surface area contributed by atoms with Crippen LogP contribution < -0.4 is 0 Å². The Hall–Kier alpha value is -4.12. The molecule has 0 spiro atoms. The van der Waals surface area contributed by atoms with Crippen LogP contribution in [0.1, 0.15) is 40.5 Å². The Bertz CT molecular complexity index is 1500. The Morgan fingerprint density at radius 1 is 0.878 bits per heavy atom. The molecule has 0 radical (unpaired) electrons. The smallest absolute Gasteiger partial charge is 0.333 e. The van der Waals surface area contributed by atoms with Crippen LogP contribution in [0.4, 0.5) is 0 Å². The first-order valence-corrected chi connectivity index (χ1v) is 13.4. The van der Waals surface area contributed by atoms with Crippen LogP contribution in [0.2, 0.25) is 0 Å². The van der Waals surface area contributed by atoms with Gasteiger partial charge in [-0.1, -0.05) is 6.08 Å². The molecule has 2 aliphatic carbocycles. The Labute approximate surface area is 237 Å². The fourth-order valence-electron chi connectivity index (χ4n) is 6.77. The molecular formula is C30H32N2O9. The van der Waals surface area contributed by atoms with Gasteiger partial charge in [-0.15, -0.1) is 0 Å². The molecule has 3 heterocycles. The summed E-state index contributed by atoms with van der Waals surface area (Å²) in [6.07, 6.45) is 1.53. The number of ketones is 4. The second-order valence-corrected chi connectivity index (χ2v) is 10.9. The third-order valence-corrected chi connectivity index (χ3v) is 8.97. The molecule has 11 nitrogen and oxygen atoms in total. The Balaban J connectivity index is 1.68. The molecule has 0 aromatic heterocycles. The van der Waals surface area contributed by atoms with Gasteiger partial charge in [0, 0.05) is 45.4 Å². The number of piperazine rings is 1. The van der Waals surface area contributed by atoms with Crippen molar-refractivity contribution in [3.8, 4) is 0 Å². The Morgan fingerprint density at radius 3 is 1.95 bits per heavy atom. The molecule has 0 N–H and O–H groups in total. The highest BCUT2D eigenvalue weighted by molar-refractivity contribution is 6.27. The van der Waals surface area contributed by atoms with Crippen molar-refractivity contribution in [3.05, 3.63) is 56.6 Å². The lowest BCUT2D eigenvalue weighted by Gasteiger charge is -2.57. The summed E-state index contributed by atoms with van der Waals surface area (Å²) in [6, 6.07) is -3.48. The number of carbonyl (C=O) groups is 6. The molecule has 3 aliphatic heterocycles. The van der Waals surface area contributed by atoms with Crippen molar-refractivity contribution in [2.45, 2.75) is 64.7 Å². The van der Waals surface area contributed by atoms with Crippen molar-refractivity contribution in [3.63, 3.8) is 0 Å². The van der Waals surface area contributed by atoms with Gasteiger partial charge < -0.3 is 19.1 Å². The van der Waals surface area contributed by atoms with E-state index in [9.17, 15) is 28.8 Å². The van der Waals surface area contributed by atoms with E-state index in [1.165, 1.54) is 33.0 Å². The van der Waals surface area contributed by atoms with Crippen LogP contribution in [-0.2, 0) is 43.0 Å². The summed E-state index contributed by atoms with van der Waals surface area (Å²) in [6.45, 7) is 5.89. The van der Waals surface area contributed by atoms with E-state index in [0.29, 0.717) is 5.57 Å². The maximum absolute atomic E-state index is 14.2. The van der Waals surface area contributed by atoms with Gasteiger partial charge >= 0.3 is 5.97 Å². The molecule has 1 saturated heterocycles. The quantitative estimate of drug-likeness (QED) is 0.273. The van der Waals surface area contributed by atoms with Crippen molar-refractivity contribution in [1.29, 1.82) is 0 Å². The average Bonchev–Trinajstić information content (AvgIpc) is 2.95. The SMILES string of the molecule is C/C=C(/C)C(=O)OC[C@H]1C2=C(CC3[C@H]4C5=C(C[C@@H](C(=O)N31)N4C)C(=O)C(C)=C(OC)C5=O)C(=O)C(C)=C(OC)C2=O. The van der Waals surface area contributed by atoms with Gasteiger partial charge in [-0.25, -0.2) is 4.79 Å². The molecule has 5 rings (SSSR count). The number of allylic oxidation sites excluding steroid dienone is 5. The highest BCUT2D eigenvalue weighted by Gasteiger charge is 2.59. The van der Waals surface area contributed by atoms with E-state index in [4.69, 9.17) is 14.2 Å². The maximum atomic E-state index is 14.2. The van der Waals surface area contributed by atoms with Gasteiger partial charge in [0.2, 0.25) is 17.5 Å². The van der Waals surface area contributed by atoms with Crippen molar-refractivity contribution in [2.24, 2.45) is 0 Å². The molecule has 4 atom stereocenters. The van der Waals surface area contributed by atoms with Crippen LogP contribution >= 0.6 is 0 Å². The van der Waals surface area contributed by atoms with Gasteiger partial charge in [-0.2, -0.15) is 0 Å². The zero-order valence-electron chi connectivity index (χ0n) is 24.1. The summed E-state index contributed by atoms with van der Waals surface area (Å²) in [5.41, 5.74) is 1.37. The Morgan fingerprint density at radius 2 is 1.41 bits per heavy atom.